The lowest BCUT2D eigenvalue weighted by Crippen LogP contribution is -2.45. The van der Waals surface area contributed by atoms with Crippen molar-refractivity contribution in [1.82, 2.24) is 5.32 Å². The van der Waals surface area contributed by atoms with Gasteiger partial charge in [0, 0.05) is 12.8 Å². The average molecular weight is 802 g/mol. The Balaban J connectivity index is 3.49. The van der Waals surface area contributed by atoms with Crippen LogP contribution in [0.5, 0.6) is 0 Å². The highest BCUT2D eigenvalue weighted by atomic mass is 16.5. The molecule has 0 aromatic rings. The topological polar surface area (TPSA) is 95.9 Å². The van der Waals surface area contributed by atoms with Crippen LogP contribution in [0.1, 0.15) is 251 Å². The molecule has 0 aromatic heterocycles. The van der Waals surface area contributed by atoms with Crippen molar-refractivity contribution in [2.45, 2.75) is 264 Å². The van der Waals surface area contributed by atoms with Crippen molar-refractivity contribution in [3.63, 3.8) is 0 Å². The summed E-state index contributed by atoms with van der Waals surface area (Å²) in [4.78, 5) is 24.4. The quantitative estimate of drug-likeness (QED) is 0.0324. The number of aliphatic hydroxyl groups is 2. The molecule has 0 saturated carbocycles. The summed E-state index contributed by atoms with van der Waals surface area (Å²) in [5, 5.41) is 22.8. The summed E-state index contributed by atoms with van der Waals surface area (Å²) in [5.41, 5.74) is 0. The van der Waals surface area contributed by atoms with E-state index < -0.39 is 12.1 Å². The summed E-state index contributed by atoms with van der Waals surface area (Å²) >= 11 is 0. The third-order valence-electron chi connectivity index (χ3n) is 11.1. The number of aliphatic hydroxyl groups excluding tert-OH is 2. The Kier molecular flexibility index (Phi) is 45.2. The van der Waals surface area contributed by atoms with E-state index in [0.717, 1.165) is 70.6 Å². The molecule has 0 aromatic carbocycles. The smallest absolute Gasteiger partial charge is 0.305 e. The lowest BCUT2D eigenvalue weighted by molar-refractivity contribution is -0.143. The number of amides is 1. The van der Waals surface area contributed by atoms with Crippen molar-refractivity contribution < 1.29 is 24.5 Å². The Hall–Kier alpha value is -1.92. The third kappa shape index (κ3) is 43.5. The molecule has 0 rings (SSSR count). The van der Waals surface area contributed by atoms with Gasteiger partial charge in [-0.1, -0.05) is 192 Å². The highest BCUT2D eigenvalue weighted by Gasteiger charge is 2.18. The van der Waals surface area contributed by atoms with E-state index in [1.54, 1.807) is 6.08 Å². The summed E-state index contributed by atoms with van der Waals surface area (Å²) in [6, 6.07) is -0.646. The van der Waals surface area contributed by atoms with Crippen LogP contribution in [0.25, 0.3) is 0 Å². The fourth-order valence-corrected chi connectivity index (χ4v) is 7.27. The molecular weight excluding hydrogens is 707 g/mol. The van der Waals surface area contributed by atoms with Gasteiger partial charge >= 0.3 is 5.97 Å². The van der Waals surface area contributed by atoms with Gasteiger partial charge in [-0.3, -0.25) is 9.59 Å². The molecule has 3 N–H and O–H groups in total. The molecule has 0 fully saturated rings. The first-order chi connectivity index (χ1) is 28.0. The first-order valence-electron chi connectivity index (χ1n) is 24.8. The molecule has 2 atom stereocenters. The predicted octanol–water partition coefficient (Wildman–Crippen LogP) is 14.5. The molecule has 0 aliphatic heterocycles. The summed E-state index contributed by atoms with van der Waals surface area (Å²) in [6.07, 6.45) is 55.8. The molecule has 0 heterocycles. The number of allylic oxidation sites excluding steroid dienone is 5. The fraction of sp³-hybridized carbons (Fsp3) is 0.843. The maximum absolute atomic E-state index is 12.3. The highest BCUT2D eigenvalue weighted by molar-refractivity contribution is 5.76. The fourth-order valence-electron chi connectivity index (χ4n) is 7.27. The van der Waals surface area contributed by atoms with E-state index in [4.69, 9.17) is 4.74 Å². The summed E-state index contributed by atoms with van der Waals surface area (Å²) in [6.45, 7) is 4.81. The largest absolute Gasteiger partial charge is 0.466 e. The van der Waals surface area contributed by atoms with Gasteiger partial charge in [-0.25, -0.2) is 0 Å². The Morgan fingerprint density at radius 3 is 1.26 bits per heavy atom. The van der Waals surface area contributed by atoms with Gasteiger partial charge in [0.15, 0.2) is 0 Å². The molecular formula is C51H95NO5. The molecule has 0 saturated heterocycles. The van der Waals surface area contributed by atoms with Crippen LogP contribution in [0.4, 0.5) is 0 Å². The van der Waals surface area contributed by atoms with Crippen molar-refractivity contribution in [1.29, 1.82) is 0 Å². The van der Waals surface area contributed by atoms with E-state index in [9.17, 15) is 19.8 Å². The van der Waals surface area contributed by atoms with Crippen LogP contribution in [0.2, 0.25) is 0 Å². The van der Waals surface area contributed by atoms with Gasteiger partial charge in [-0.05, 0) is 83.5 Å². The van der Waals surface area contributed by atoms with Crippen molar-refractivity contribution in [2.24, 2.45) is 0 Å². The maximum atomic E-state index is 12.3. The SMILES string of the molecule is CCCCCCCCC/C=C\CCCCCCCCCC(=O)OCCCCCCCC/C=C\CCCCCC(=O)NC(CO)C(O)/C=C/CCCCCCCCC. The normalized spacial score (nSPS) is 13.0. The number of hydrogen-bond acceptors (Lipinski definition) is 5. The first kappa shape index (κ1) is 55.1. The molecule has 334 valence electrons. The van der Waals surface area contributed by atoms with Gasteiger partial charge in [0.25, 0.3) is 0 Å². The molecule has 6 nitrogen and oxygen atoms in total. The summed E-state index contributed by atoms with van der Waals surface area (Å²) < 4.78 is 5.46. The lowest BCUT2D eigenvalue weighted by Gasteiger charge is -2.19. The Morgan fingerprint density at radius 2 is 0.825 bits per heavy atom. The van der Waals surface area contributed by atoms with Gasteiger partial charge in [-0.15, -0.1) is 0 Å². The Labute approximate surface area is 353 Å². The average Bonchev–Trinajstić information content (AvgIpc) is 3.21. The molecule has 1 amide bonds. The summed E-state index contributed by atoms with van der Waals surface area (Å²) in [7, 11) is 0. The number of unbranched alkanes of at least 4 members (excludes halogenated alkanes) is 30. The number of hydrogen-bond donors (Lipinski definition) is 3. The third-order valence-corrected chi connectivity index (χ3v) is 11.1. The molecule has 57 heavy (non-hydrogen) atoms. The van der Waals surface area contributed by atoms with Crippen LogP contribution in [0, 0.1) is 0 Å². The van der Waals surface area contributed by atoms with Gasteiger partial charge in [0.2, 0.25) is 5.91 Å². The van der Waals surface area contributed by atoms with Crippen LogP contribution in [-0.2, 0) is 14.3 Å². The number of carbonyl (C=O) groups excluding carboxylic acids is 2. The van der Waals surface area contributed by atoms with E-state index in [-0.39, 0.29) is 18.5 Å². The van der Waals surface area contributed by atoms with Crippen LogP contribution < -0.4 is 5.32 Å². The zero-order valence-electron chi connectivity index (χ0n) is 37.8. The van der Waals surface area contributed by atoms with Gasteiger partial charge in [0.05, 0.1) is 25.4 Å². The van der Waals surface area contributed by atoms with Crippen molar-refractivity contribution >= 4 is 11.9 Å². The second kappa shape index (κ2) is 46.8. The molecule has 0 aliphatic rings. The van der Waals surface area contributed by atoms with E-state index >= 15 is 0 Å². The van der Waals surface area contributed by atoms with Crippen molar-refractivity contribution in [3.8, 4) is 0 Å². The monoisotopic (exact) mass is 802 g/mol. The molecule has 0 radical (unpaired) electrons. The minimum absolute atomic E-state index is 0.0182. The predicted molar refractivity (Wildman–Crippen MR) is 246 cm³/mol. The Bertz CT molecular complexity index is 931. The van der Waals surface area contributed by atoms with Crippen molar-refractivity contribution in [2.75, 3.05) is 13.2 Å². The van der Waals surface area contributed by atoms with E-state index in [1.807, 2.05) is 6.08 Å². The first-order valence-corrected chi connectivity index (χ1v) is 24.8. The van der Waals surface area contributed by atoms with Gasteiger partial charge in [-0.2, -0.15) is 0 Å². The zero-order chi connectivity index (χ0) is 41.5. The number of ether oxygens (including phenoxy) is 1. The second-order valence-electron chi connectivity index (χ2n) is 16.8. The lowest BCUT2D eigenvalue weighted by atomic mass is 10.1. The zero-order valence-corrected chi connectivity index (χ0v) is 37.8. The van der Waals surface area contributed by atoms with Crippen LogP contribution >= 0.6 is 0 Å². The van der Waals surface area contributed by atoms with Gasteiger partial charge < -0.3 is 20.3 Å². The van der Waals surface area contributed by atoms with E-state index in [1.165, 1.54) is 154 Å². The second-order valence-corrected chi connectivity index (χ2v) is 16.8. The van der Waals surface area contributed by atoms with Gasteiger partial charge in [0.1, 0.15) is 0 Å². The maximum Gasteiger partial charge on any atom is 0.305 e. The minimum atomic E-state index is -0.859. The molecule has 2 unspecified atom stereocenters. The van der Waals surface area contributed by atoms with Crippen molar-refractivity contribution in [3.05, 3.63) is 36.5 Å². The molecule has 0 bridgehead atoms. The van der Waals surface area contributed by atoms with E-state index in [0.29, 0.717) is 19.4 Å². The highest BCUT2D eigenvalue weighted by Crippen LogP contribution is 2.14. The Morgan fingerprint density at radius 1 is 0.474 bits per heavy atom. The molecule has 6 heteroatoms. The summed E-state index contributed by atoms with van der Waals surface area (Å²) in [5.74, 6) is -0.120. The molecule has 0 spiro atoms. The minimum Gasteiger partial charge on any atom is -0.466 e. The number of esters is 1. The standard InChI is InChI=1S/C51H95NO5/c1-3-5-7-9-11-13-14-15-16-17-18-19-22-25-29-33-37-41-45-51(56)57-46-42-38-34-30-26-23-20-21-24-28-32-36-40-44-50(55)52-48(47-53)49(54)43-39-35-31-27-12-10-8-6-4-2/h16-17,21,24,39,43,48-49,53-54H,3-15,18-20,22-23,25-38,40-42,44-47H2,1-2H3,(H,52,55)/b17-16-,24-21-,43-39+. The van der Waals surface area contributed by atoms with E-state index in [2.05, 4.69) is 43.5 Å². The number of carbonyl (C=O) groups is 2. The van der Waals surface area contributed by atoms with Crippen LogP contribution in [0.15, 0.2) is 36.5 Å². The number of rotatable bonds is 45. The van der Waals surface area contributed by atoms with Crippen LogP contribution in [0.3, 0.4) is 0 Å². The molecule has 0 aliphatic carbocycles. The number of nitrogens with one attached hydrogen (secondary N) is 1. The van der Waals surface area contributed by atoms with Crippen LogP contribution in [-0.4, -0.2) is 47.4 Å².